The molecule has 1 atom stereocenters. The van der Waals surface area contributed by atoms with E-state index in [1.807, 2.05) is 0 Å². The van der Waals surface area contributed by atoms with Gasteiger partial charge in [-0.2, -0.15) is 0 Å². The first kappa shape index (κ1) is 16.8. The molecular formula is C19H28N2OS. The number of benzene rings is 1. The summed E-state index contributed by atoms with van der Waals surface area (Å²) >= 11 is 1.78. The summed E-state index contributed by atoms with van der Waals surface area (Å²) in [6.07, 6.45) is 7.97. The maximum atomic E-state index is 12.7. The highest BCUT2D eigenvalue weighted by molar-refractivity contribution is 7.98. The standard InChI is InChI=1S/C19H28N2OS/c1-23-18-9-7-16(8-10-18)14-20-11-5-6-17(15-20)19(22)21-12-3-2-4-13-21/h7-10,17H,2-6,11-15H2,1H3. The number of hydrogen-bond acceptors (Lipinski definition) is 3. The molecule has 126 valence electrons. The molecule has 0 N–H and O–H groups in total. The van der Waals surface area contributed by atoms with Crippen LogP contribution in [0.1, 0.15) is 37.7 Å². The van der Waals surface area contributed by atoms with Gasteiger partial charge in [0.05, 0.1) is 5.92 Å². The van der Waals surface area contributed by atoms with Gasteiger partial charge >= 0.3 is 0 Å². The third-order valence-corrected chi connectivity index (χ3v) is 5.83. The molecule has 23 heavy (non-hydrogen) atoms. The summed E-state index contributed by atoms with van der Waals surface area (Å²) < 4.78 is 0. The number of nitrogens with zero attached hydrogens (tertiary/aromatic N) is 2. The second-order valence-electron chi connectivity index (χ2n) is 6.81. The van der Waals surface area contributed by atoms with Crippen LogP contribution < -0.4 is 0 Å². The lowest BCUT2D eigenvalue weighted by atomic mass is 9.95. The molecule has 2 aliphatic heterocycles. The van der Waals surface area contributed by atoms with Gasteiger partial charge in [0.25, 0.3) is 0 Å². The van der Waals surface area contributed by atoms with Crippen molar-refractivity contribution in [1.29, 1.82) is 0 Å². The first-order valence-electron chi connectivity index (χ1n) is 8.90. The van der Waals surface area contributed by atoms with E-state index in [0.29, 0.717) is 5.91 Å². The molecule has 2 heterocycles. The second-order valence-corrected chi connectivity index (χ2v) is 7.69. The molecule has 2 saturated heterocycles. The second kappa shape index (κ2) is 8.20. The number of carbonyl (C=O) groups is 1. The lowest BCUT2D eigenvalue weighted by Gasteiger charge is -2.36. The number of likely N-dealkylation sites (tertiary alicyclic amines) is 2. The van der Waals surface area contributed by atoms with Gasteiger partial charge in [-0.25, -0.2) is 0 Å². The van der Waals surface area contributed by atoms with Crippen molar-refractivity contribution in [3.8, 4) is 0 Å². The molecule has 0 aromatic heterocycles. The Hall–Kier alpha value is -1.00. The molecule has 0 aliphatic carbocycles. The largest absolute Gasteiger partial charge is 0.342 e. The van der Waals surface area contributed by atoms with E-state index in [1.54, 1.807) is 11.8 Å². The van der Waals surface area contributed by atoms with Crippen molar-refractivity contribution in [2.45, 2.75) is 43.5 Å². The van der Waals surface area contributed by atoms with E-state index < -0.39 is 0 Å². The maximum Gasteiger partial charge on any atom is 0.226 e. The fourth-order valence-electron chi connectivity index (χ4n) is 3.76. The predicted molar refractivity (Wildman–Crippen MR) is 96.7 cm³/mol. The minimum absolute atomic E-state index is 0.215. The highest BCUT2D eigenvalue weighted by atomic mass is 32.2. The normalized spacial score (nSPS) is 23.0. The van der Waals surface area contributed by atoms with Crippen molar-refractivity contribution in [2.75, 3.05) is 32.4 Å². The monoisotopic (exact) mass is 332 g/mol. The van der Waals surface area contributed by atoms with Crippen molar-refractivity contribution in [1.82, 2.24) is 9.80 Å². The topological polar surface area (TPSA) is 23.6 Å². The Kier molecular flexibility index (Phi) is 6.01. The Morgan fingerprint density at radius 1 is 1.09 bits per heavy atom. The molecule has 0 radical (unpaired) electrons. The lowest BCUT2D eigenvalue weighted by Crippen LogP contribution is -2.46. The highest BCUT2D eigenvalue weighted by Crippen LogP contribution is 2.23. The molecule has 2 fully saturated rings. The van der Waals surface area contributed by atoms with Gasteiger partial charge in [0.2, 0.25) is 5.91 Å². The van der Waals surface area contributed by atoms with Gasteiger partial charge in [-0.1, -0.05) is 12.1 Å². The Morgan fingerprint density at radius 3 is 2.52 bits per heavy atom. The zero-order chi connectivity index (χ0) is 16.1. The molecule has 0 saturated carbocycles. The average molecular weight is 333 g/mol. The summed E-state index contributed by atoms with van der Waals surface area (Å²) in [5, 5.41) is 0. The Labute approximate surface area is 144 Å². The van der Waals surface area contributed by atoms with Crippen LogP contribution in [0.2, 0.25) is 0 Å². The summed E-state index contributed by atoms with van der Waals surface area (Å²) in [5.74, 6) is 0.624. The molecule has 1 unspecified atom stereocenters. The van der Waals surface area contributed by atoms with Crippen LogP contribution in [0.4, 0.5) is 0 Å². The molecule has 4 heteroatoms. The van der Waals surface area contributed by atoms with E-state index in [2.05, 4.69) is 40.3 Å². The summed E-state index contributed by atoms with van der Waals surface area (Å²) in [6, 6.07) is 8.84. The van der Waals surface area contributed by atoms with Crippen LogP contribution in [0, 0.1) is 5.92 Å². The maximum absolute atomic E-state index is 12.7. The molecule has 1 aromatic carbocycles. The van der Waals surface area contributed by atoms with Crippen molar-refractivity contribution in [2.24, 2.45) is 5.92 Å². The SMILES string of the molecule is CSc1ccc(CN2CCCC(C(=O)N3CCCCC3)C2)cc1. The van der Waals surface area contributed by atoms with Crippen LogP contribution in [-0.2, 0) is 11.3 Å². The molecule has 3 rings (SSSR count). The first-order chi connectivity index (χ1) is 11.3. The van der Waals surface area contributed by atoms with E-state index in [4.69, 9.17) is 0 Å². The van der Waals surface area contributed by atoms with Crippen LogP contribution in [0.25, 0.3) is 0 Å². The van der Waals surface area contributed by atoms with Crippen LogP contribution >= 0.6 is 11.8 Å². The summed E-state index contributed by atoms with van der Waals surface area (Å²) in [4.78, 5) is 18.6. The number of rotatable bonds is 4. The summed E-state index contributed by atoms with van der Waals surface area (Å²) in [6.45, 7) is 4.98. The van der Waals surface area contributed by atoms with Gasteiger partial charge in [-0.15, -0.1) is 11.8 Å². The van der Waals surface area contributed by atoms with E-state index >= 15 is 0 Å². The van der Waals surface area contributed by atoms with Crippen molar-refractivity contribution in [3.05, 3.63) is 29.8 Å². The molecule has 1 amide bonds. The van der Waals surface area contributed by atoms with Gasteiger partial charge in [0, 0.05) is 31.1 Å². The number of thioether (sulfide) groups is 1. The van der Waals surface area contributed by atoms with Crippen LogP contribution in [0.3, 0.4) is 0 Å². The minimum Gasteiger partial charge on any atom is -0.342 e. The smallest absolute Gasteiger partial charge is 0.226 e. The minimum atomic E-state index is 0.215. The molecule has 2 aliphatic rings. The van der Waals surface area contributed by atoms with E-state index in [-0.39, 0.29) is 5.92 Å². The van der Waals surface area contributed by atoms with E-state index in [9.17, 15) is 4.79 Å². The molecule has 0 bridgehead atoms. The van der Waals surface area contributed by atoms with Gasteiger partial charge in [0.15, 0.2) is 0 Å². The molecular weight excluding hydrogens is 304 g/mol. The number of amides is 1. The highest BCUT2D eigenvalue weighted by Gasteiger charge is 2.29. The Balaban J connectivity index is 1.55. The third-order valence-electron chi connectivity index (χ3n) is 5.09. The van der Waals surface area contributed by atoms with Gasteiger partial charge in [-0.05, 0) is 62.6 Å². The third kappa shape index (κ3) is 4.51. The fraction of sp³-hybridized carbons (Fsp3) is 0.632. The number of carbonyl (C=O) groups excluding carboxylic acids is 1. The zero-order valence-electron chi connectivity index (χ0n) is 14.2. The Bertz CT molecular complexity index is 511. The molecule has 0 spiro atoms. The van der Waals surface area contributed by atoms with Crippen LogP contribution in [0.5, 0.6) is 0 Å². The zero-order valence-corrected chi connectivity index (χ0v) is 15.0. The van der Waals surface area contributed by atoms with E-state index in [0.717, 1.165) is 45.6 Å². The van der Waals surface area contributed by atoms with Gasteiger partial charge in [0.1, 0.15) is 0 Å². The fourth-order valence-corrected chi connectivity index (χ4v) is 4.17. The van der Waals surface area contributed by atoms with Crippen molar-refractivity contribution < 1.29 is 4.79 Å². The van der Waals surface area contributed by atoms with Crippen molar-refractivity contribution in [3.63, 3.8) is 0 Å². The van der Waals surface area contributed by atoms with Crippen LogP contribution in [0.15, 0.2) is 29.2 Å². The van der Waals surface area contributed by atoms with E-state index in [1.165, 1.54) is 29.7 Å². The molecule has 1 aromatic rings. The van der Waals surface area contributed by atoms with Crippen LogP contribution in [-0.4, -0.2) is 48.1 Å². The lowest BCUT2D eigenvalue weighted by molar-refractivity contribution is -0.138. The molecule has 3 nitrogen and oxygen atoms in total. The average Bonchev–Trinajstić information content (AvgIpc) is 2.63. The van der Waals surface area contributed by atoms with Gasteiger partial charge < -0.3 is 4.90 Å². The van der Waals surface area contributed by atoms with Crippen molar-refractivity contribution >= 4 is 17.7 Å². The first-order valence-corrected chi connectivity index (χ1v) is 10.1. The predicted octanol–water partition coefficient (Wildman–Crippen LogP) is 3.63. The summed E-state index contributed by atoms with van der Waals surface area (Å²) in [5.41, 5.74) is 1.36. The number of hydrogen-bond donors (Lipinski definition) is 0. The quantitative estimate of drug-likeness (QED) is 0.787. The number of piperidine rings is 2. The summed E-state index contributed by atoms with van der Waals surface area (Å²) in [7, 11) is 0. The Morgan fingerprint density at radius 2 is 1.83 bits per heavy atom. The van der Waals surface area contributed by atoms with Gasteiger partial charge in [-0.3, -0.25) is 9.69 Å².